The number of carbonyl (C=O) groups is 1. The largest absolute Gasteiger partial charge is 0.350 e. The van der Waals surface area contributed by atoms with Gasteiger partial charge in [-0.05, 0) is 34.7 Å². The fourth-order valence-corrected chi connectivity index (χ4v) is 2.90. The van der Waals surface area contributed by atoms with Crippen LogP contribution in [-0.2, 0) is 6.54 Å². The van der Waals surface area contributed by atoms with Crippen LogP contribution >= 0.6 is 24.8 Å². The van der Waals surface area contributed by atoms with Crippen molar-refractivity contribution in [2.75, 3.05) is 6.54 Å². The second kappa shape index (κ2) is 11.6. The zero-order valence-corrected chi connectivity index (χ0v) is 18.2. The molecule has 7 heteroatoms. The van der Waals surface area contributed by atoms with E-state index in [9.17, 15) is 4.79 Å². The number of hydrogen-bond donors (Lipinski definition) is 2. The molecule has 0 bridgehead atoms. The van der Waals surface area contributed by atoms with Crippen molar-refractivity contribution in [1.29, 1.82) is 0 Å². The smallest absolute Gasteiger partial charge is 0.251 e. The lowest BCUT2D eigenvalue weighted by Gasteiger charge is -2.15. The zero-order chi connectivity index (χ0) is 19.2. The molecule has 0 saturated carbocycles. The standard InChI is InChI=1S/C22H26N4O.2ClH/c1-16(2)18-7-9-19(10-8-18)21(23)13-25-22(27)20-5-3-17(4-6-20)14-26-12-11-24-15-26;;/h3-12,15-16,21H,13-14,23H2,1-2H3,(H,25,27);2*1H. The maximum absolute atomic E-state index is 12.4. The second-order valence-electron chi connectivity index (χ2n) is 7.07. The summed E-state index contributed by atoms with van der Waals surface area (Å²) in [5.41, 5.74) is 10.3. The number of nitrogens with one attached hydrogen (secondary N) is 1. The van der Waals surface area contributed by atoms with E-state index in [1.807, 2.05) is 47.2 Å². The number of carbonyl (C=O) groups excluding carboxylic acids is 1. The number of amides is 1. The van der Waals surface area contributed by atoms with Gasteiger partial charge in [-0.1, -0.05) is 50.2 Å². The minimum Gasteiger partial charge on any atom is -0.350 e. The molecule has 1 atom stereocenters. The molecule has 0 aliphatic rings. The van der Waals surface area contributed by atoms with Gasteiger partial charge in [0.2, 0.25) is 0 Å². The molecule has 1 heterocycles. The summed E-state index contributed by atoms with van der Waals surface area (Å²) >= 11 is 0. The number of nitrogens with zero attached hydrogens (tertiary/aromatic N) is 2. The fourth-order valence-electron chi connectivity index (χ4n) is 2.90. The third-order valence-electron chi connectivity index (χ3n) is 4.65. The van der Waals surface area contributed by atoms with Crippen molar-refractivity contribution in [3.63, 3.8) is 0 Å². The number of aromatic nitrogens is 2. The highest BCUT2D eigenvalue weighted by Crippen LogP contribution is 2.17. The Hall–Kier alpha value is -2.34. The summed E-state index contributed by atoms with van der Waals surface area (Å²) in [4.78, 5) is 16.4. The van der Waals surface area contributed by atoms with Gasteiger partial charge in [-0.2, -0.15) is 0 Å². The Kier molecular flexibility index (Phi) is 9.89. The van der Waals surface area contributed by atoms with Crippen LogP contribution in [0.15, 0.2) is 67.3 Å². The van der Waals surface area contributed by atoms with Crippen molar-refractivity contribution in [2.24, 2.45) is 5.73 Å². The number of nitrogens with two attached hydrogens (primary N) is 1. The first-order chi connectivity index (χ1) is 13.0. The van der Waals surface area contributed by atoms with E-state index in [0.29, 0.717) is 18.0 Å². The molecule has 1 aromatic heterocycles. The van der Waals surface area contributed by atoms with Crippen LogP contribution in [0.2, 0.25) is 0 Å². The molecule has 0 aliphatic carbocycles. The lowest BCUT2D eigenvalue weighted by molar-refractivity contribution is 0.0951. The molecule has 156 valence electrons. The van der Waals surface area contributed by atoms with E-state index < -0.39 is 0 Å². The third kappa shape index (κ3) is 6.89. The average Bonchev–Trinajstić information content (AvgIpc) is 3.19. The number of imidazole rings is 1. The van der Waals surface area contributed by atoms with Crippen LogP contribution in [0.4, 0.5) is 0 Å². The first kappa shape index (κ1) is 24.7. The molecule has 0 saturated heterocycles. The minimum absolute atomic E-state index is 0. The summed E-state index contributed by atoms with van der Waals surface area (Å²) < 4.78 is 1.98. The van der Waals surface area contributed by atoms with Gasteiger partial charge in [0.25, 0.3) is 5.91 Å². The van der Waals surface area contributed by atoms with Crippen molar-refractivity contribution in [3.05, 3.63) is 89.5 Å². The Balaban J connectivity index is 0.00000210. The number of rotatable bonds is 7. The molecule has 0 radical (unpaired) electrons. The van der Waals surface area contributed by atoms with E-state index in [-0.39, 0.29) is 36.8 Å². The van der Waals surface area contributed by atoms with E-state index in [1.165, 1.54) is 5.56 Å². The molecule has 0 fully saturated rings. The zero-order valence-electron chi connectivity index (χ0n) is 16.6. The summed E-state index contributed by atoms with van der Waals surface area (Å²) in [5.74, 6) is 0.380. The van der Waals surface area contributed by atoms with Gasteiger partial charge < -0.3 is 15.6 Å². The molecule has 0 aliphatic heterocycles. The van der Waals surface area contributed by atoms with Crippen molar-refractivity contribution < 1.29 is 4.79 Å². The van der Waals surface area contributed by atoms with E-state index in [4.69, 9.17) is 5.73 Å². The summed E-state index contributed by atoms with van der Waals surface area (Å²) in [5, 5.41) is 2.92. The Bertz CT molecular complexity index is 863. The van der Waals surface area contributed by atoms with Gasteiger partial charge in [-0.15, -0.1) is 24.8 Å². The van der Waals surface area contributed by atoms with Crippen LogP contribution < -0.4 is 11.1 Å². The molecule has 1 unspecified atom stereocenters. The van der Waals surface area contributed by atoms with Crippen LogP contribution in [0.1, 0.15) is 52.9 Å². The Morgan fingerprint density at radius 3 is 2.21 bits per heavy atom. The van der Waals surface area contributed by atoms with Gasteiger partial charge >= 0.3 is 0 Å². The molecule has 2 aromatic carbocycles. The summed E-state index contributed by atoms with van der Waals surface area (Å²) in [6, 6.07) is 15.6. The maximum Gasteiger partial charge on any atom is 0.251 e. The molecule has 5 nitrogen and oxygen atoms in total. The summed E-state index contributed by atoms with van der Waals surface area (Å²) in [7, 11) is 0. The molecule has 0 spiro atoms. The van der Waals surface area contributed by atoms with Gasteiger partial charge in [-0.3, -0.25) is 4.79 Å². The third-order valence-corrected chi connectivity index (χ3v) is 4.65. The Morgan fingerprint density at radius 1 is 1.03 bits per heavy atom. The van der Waals surface area contributed by atoms with Gasteiger partial charge in [0.15, 0.2) is 0 Å². The maximum atomic E-state index is 12.4. The lowest BCUT2D eigenvalue weighted by atomic mass is 9.99. The minimum atomic E-state index is -0.226. The van der Waals surface area contributed by atoms with E-state index in [0.717, 1.165) is 17.7 Å². The van der Waals surface area contributed by atoms with Crippen LogP contribution in [0.25, 0.3) is 0 Å². The highest BCUT2D eigenvalue weighted by Gasteiger charge is 2.10. The van der Waals surface area contributed by atoms with Crippen molar-refractivity contribution >= 4 is 30.7 Å². The lowest BCUT2D eigenvalue weighted by Crippen LogP contribution is -2.31. The van der Waals surface area contributed by atoms with Crippen molar-refractivity contribution in [2.45, 2.75) is 32.4 Å². The SMILES string of the molecule is CC(C)c1ccc(C(N)CNC(=O)c2ccc(Cn3ccnc3)cc2)cc1.Cl.Cl. The van der Waals surface area contributed by atoms with Crippen LogP contribution in [0.5, 0.6) is 0 Å². The van der Waals surface area contributed by atoms with Gasteiger partial charge in [0.05, 0.1) is 6.33 Å². The van der Waals surface area contributed by atoms with Crippen molar-refractivity contribution in [3.8, 4) is 0 Å². The quantitative estimate of drug-likeness (QED) is 0.580. The van der Waals surface area contributed by atoms with E-state index in [2.05, 4.69) is 36.3 Å². The van der Waals surface area contributed by atoms with Crippen LogP contribution in [-0.4, -0.2) is 22.0 Å². The predicted octanol–water partition coefficient (Wildman–Crippen LogP) is 4.33. The highest BCUT2D eigenvalue weighted by molar-refractivity contribution is 5.94. The molecule has 3 rings (SSSR count). The summed E-state index contributed by atoms with van der Waals surface area (Å²) in [6.07, 6.45) is 5.44. The number of halogens is 2. The first-order valence-electron chi connectivity index (χ1n) is 9.21. The van der Waals surface area contributed by atoms with E-state index in [1.54, 1.807) is 12.5 Å². The van der Waals surface area contributed by atoms with Gasteiger partial charge in [-0.25, -0.2) is 4.98 Å². The molecule has 29 heavy (non-hydrogen) atoms. The fraction of sp³-hybridized carbons (Fsp3) is 0.273. The molecular weight excluding hydrogens is 407 g/mol. The topological polar surface area (TPSA) is 72.9 Å². The average molecular weight is 435 g/mol. The second-order valence-corrected chi connectivity index (χ2v) is 7.07. The van der Waals surface area contributed by atoms with Crippen LogP contribution in [0.3, 0.4) is 0 Å². The summed E-state index contributed by atoms with van der Waals surface area (Å²) in [6.45, 7) is 5.46. The predicted molar refractivity (Wildman–Crippen MR) is 122 cm³/mol. The Labute approximate surface area is 184 Å². The molecular formula is C22H28Cl2N4O. The first-order valence-corrected chi connectivity index (χ1v) is 9.21. The highest BCUT2D eigenvalue weighted by atomic mass is 35.5. The van der Waals surface area contributed by atoms with Crippen LogP contribution in [0, 0.1) is 0 Å². The number of hydrogen-bond acceptors (Lipinski definition) is 3. The van der Waals surface area contributed by atoms with Gasteiger partial charge in [0.1, 0.15) is 0 Å². The normalized spacial score (nSPS) is 11.3. The Morgan fingerprint density at radius 2 is 1.66 bits per heavy atom. The number of benzene rings is 2. The van der Waals surface area contributed by atoms with E-state index >= 15 is 0 Å². The molecule has 3 N–H and O–H groups in total. The van der Waals surface area contributed by atoms with Crippen molar-refractivity contribution in [1.82, 2.24) is 14.9 Å². The monoisotopic (exact) mass is 434 g/mol. The molecule has 1 amide bonds. The van der Waals surface area contributed by atoms with Gasteiger partial charge in [0, 0.05) is 37.1 Å². The molecule has 3 aromatic rings.